The topological polar surface area (TPSA) is 67.8 Å². The van der Waals surface area contributed by atoms with Crippen molar-refractivity contribution in [1.82, 2.24) is 20.3 Å². The summed E-state index contributed by atoms with van der Waals surface area (Å²) in [5.41, 5.74) is 2.81. The second-order valence-electron chi connectivity index (χ2n) is 6.89. The molecular formula is C20H26N4O. The fourth-order valence-corrected chi connectivity index (χ4v) is 3.49. The van der Waals surface area contributed by atoms with Crippen LogP contribution >= 0.6 is 0 Å². The molecule has 25 heavy (non-hydrogen) atoms. The van der Waals surface area contributed by atoms with Crippen molar-refractivity contribution in [2.24, 2.45) is 5.92 Å². The Labute approximate surface area is 149 Å². The van der Waals surface area contributed by atoms with E-state index in [1.54, 1.807) is 12.4 Å². The molecule has 5 heteroatoms. The highest BCUT2D eigenvalue weighted by Gasteiger charge is 2.22. The van der Waals surface area contributed by atoms with Gasteiger partial charge in [0.2, 0.25) is 5.91 Å². The predicted octanol–water partition coefficient (Wildman–Crippen LogP) is 3.99. The first-order valence-electron chi connectivity index (χ1n) is 9.19. The van der Waals surface area contributed by atoms with E-state index in [0.29, 0.717) is 5.82 Å². The number of hydrogen-bond acceptors (Lipinski definition) is 4. The van der Waals surface area contributed by atoms with Crippen LogP contribution in [0.15, 0.2) is 30.7 Å². The van der Waals surface area contributed by atoms with Gasteiger partial charge in [-0.05, 0) is 38.8 Å². The normalized spacial score (nSPS) is 16.9. The Balaban J connectivity index is 1.69. The fraction of sp³-hybridized carbons (Fsp3) is 0.500. The van der Waals surface area contributed by atoms with E-state index in [1.165, 1.54) is 12.8 Å². The van der Waals surface area contributed by atoms with Gasteiger partial charge >= 0.3 is 0 Å². The highest BCUT2D eigenvalue weighted by molar-refractivity contribution is 5.79. The number of rotatable bonds is 4. The van der Waals surface area contributed by atoms with Crippen LogP contribution in [0.2, 0.25) is 0 Å². The molecule has 1 amide bonds. The number of aromatic nitrogens is 3. The molecule has 1 atom stereocenters. The van der Waals surface area contributed by atoms with Gasteiger partial charge in [0.1, 0.15) is 0 Å². The molecule has 2 aromatic heterocycles. The summed E-state index contributed by atoms with van der Waals surface area (Å²) in [6.45, 7) is 3.97. The summed E-state index contributed by atoms with van der Waals surface area (Å²) in [6, 6.07) is 3.71. The van der Waals surface area contributed by atoms with Gasteiger partial charge in [0.05, 0.1) is 6.04 Å². The van der Waals surface area contributed by atoms with Gasteiger partial charge in [0.15, 0.2) is 5.82 Å². The van der Waals surface area contributed by atoms with Crippen molar-refractivity contribution >= 4 is 5.91 Å². The van der Waals surface area contributed by atoms with Crippen molar-refractivity contribution in [2.45, 2.75) is 58.4 Å². The van der Waals surface area contributed by atoms with Gasteiger partial charge in [0, 0.05) is 41.3 Å². The second kappa shape index (κ2) is 8.19. The van der Waals surface area contributed by atoms with E-state index in [2.05, 4.69) is 20.3 Å². The van der Waals surface area contributed by atoms with E-state index in [1.807, 2.05) is 32.2 Å². The molecule has 3 rings (SSSR count). The first kappa shape index (κ1) is 17.5. The maximum absolute atomic E-state index is 12.6. The van der Waals surface area contributed by atoms with E-state index < -0.39 is 0 Å². The zero-order valence-corrected chi connectivity index (χ0v) is 15.0. The molecule has 2 aromatic rings. The molecule has 0 radical (unpaired) electrons. The lowest BCUT2D eigenvalue weighted by molar-refractivity contribution is -0.126. The summed E-state index contributed by atoms with van der Waals surface area (Å²) in [7, 11) is 0. The summed E-state index contributed by atoms with van der Waals surface area (Å²) >= 11 is 0. The summed E-state index contributed by atoms with van der Waals surface area (Å²) in [4.78, 5) is 25.7. The standard InChI is InChI=1S/C20H26N4O/c1-14-18(13-22-19(23-14)16-9-11-21-12-10-16)15(2)24-20(25)17-7-5-3-4-6-8-17/h9-13,15,17H,3-8H2,1-2H3,(H,24,25)/t15-/m0/s1. The van der Waals surface area contributed by atoms with Crippen molar-refractivity contribution in [2.75, 3.05) is 0 Å². The molecule has 5 nitrogen and oxygen atoms in total. The smallest absolute Gasteiger partial charge is 0.223 e. The quantitative estimate of drug-likeness (QED) is 0.856. The van der Waals surface area contributed by atoms with Gasteiger partial charge in [-0.2, -0.15) is 0 Å². The number of carbonyl (C=O) groups is 1. The highest BCUT2D eigenvalue weighted by atomic mass is 16.1. The molecule has 0 aliphatic heterocycles. The van der Waals surface area contributed by atoms with Crippen LogP contribution in [-0.2, 0) is 4.79 Å². The van der Waals surface area contributed by atoms with Crippen molar-refractivity contribution in [3.05, 3.63) is 42.0 Å². The van der Waals surface area contributed by atoms with Crippen molar-refractivity contribution in [3.63, 3.8) is 0 Å². The molecule has 0 saturated heterocycles. The zero-order valence-electron chi connectivity index (χ0n) is 15.0. The van der Waals surface area contributed by atoms with E-state index in [4.69, 9.17) is 0 Å². The second-order valence-corrected chi connectivity index (χ2v) is 6.89. The molecule has 132 valence electrons. The zero-order chi connectivity index (χ0) is 17.6. The van der Waals surface area contributed by atoms with Crippen LogP contribution in [0.5, 0.6) is 0 Å². The molecule has 0 aromatic carbocycles. The summed E-state index contributed by atoms with van der Waals surface area (Å²) < 4.78 is 0. The average molecular weight is 338 g/mol. The van der Waals surface area contributed by atoms with E-state index in [9.17, 15) is 4.79 Å². The van der Waals surface area contributed by atoms with Crippen molar-refractivity contribution in [3.8, 4) is 11.4 Å². The Morgan fingerprint density at radius 3 is 2.48 bits per heavy atom. The molecule has 1 aliphatic rings. The van der Waals surface area contributed by atoms with Gasteiger partial charge in [-0.3, -0.25) is 9.78 Å². The van der Waals surface area contributed by atoms with E-state index in [-0.39, 0.29) is 17.9 Å². The van der Waals surface area contributed by atoms with Gasteiger partial charge in [-0.25, -0.2) is 9.97 Å². The van der Waals surface area contributed by atoms with Gasteiger partial charge in [0.25, 0.3) is 0 Å². The molecule has 0 unspecified atom stereocenters. The summed E-state index contributed by atoms with van der Waals surface area (Å²) in [5, 5.41) is 3.16. The minimum absolute atomic E-state index is 0.0813. The minimum Gasteiger partial charge on any atom is -0.349 e. The first-order chi connectivity index (χ1) is 12.1. The summed E-state index contributed by atoms with van der Waals surface area (Å²) in [6.07, 6.45) is 12.1. The fourth-order valence-electron chi connectivity index (χ4n) is 3.49. The lowest BCUT2D eigenvalue weighted by atomic mass is 9.98. The molecule has 2 heterocycles. The lowest BCUT2D eigenvalue weighted by Crippen LogP contribution is -2.33. The third-order valence-electron chi connectivity index (χ3n) is 5.01. The number of amides is 1. The SMILES string of the molecule is Cc1nc(-c2ccncc2)ncc1[C@H](C)NC(=O)C1CCCCCC1. The largest absolute Gasteiger partial charge is 0.349 e. The maximum atomic E-state index is 12.6. The molecule has 1 fully saturated rings. The van der Waals surface area contributed by atoms with Crippen LogP contribution in [0, 0.1) is 12.8 Å². The van der Waals surface area contributed by atoms with Crippen LogP contribution in [0.3, 0.4) is 0 Å². The first-order valence-corrected chi connectivity index (χ1v) is 9.19. The monoisotopic (exact) mass is 338 g/mol. The predicted molar refractivity (Wildman–Crippen MR) is 97.7 cm³/mol. The molecule has 1 N–H and O–H groups in total. The molecule has 1 aliphatic carbocycles. The van der Waals surface area contributed by atoms with Crippen LogP contribution in [0.4, 0.5) is 0 Å². The third-order valence-corrected chi connectivity index (χ3v) is 5.01. The Hall–Kier alpha value is -2.30. The van der Waals surface area contributed by atoms with Crippen molar-refractivity contribution in [1.29, 1.82) is 0 Å². The van der Waals surface area contributed by atoms with Gasteiger partial charge in [-0.1, -0.05) is 25.7 Å². The Bertz CT molecular complexity index is 709. The highest BCUT2D eigenvalue weighted by Crippen LogP contribution is 2.25. The van der Waals surface area contributed by atoms with Crippen molar-refractivity contribution < 1.29 is 4.79 Å². The van der Waals surface area contributed by atoms with Gasteiger partial charge < -0.3 is 5.32 Å². The van der Waals surface area contributed by atoms with Gasteiger partial charge in [-0.15, -0.1) is 0 Å². The number of nitrogens with one attached hydrogen (secondary N) is 1. The maximum Gasteiger partial charge on any atom is 0.223 e. The van der Waals surface area contributed by atoms with E-state index in [0.717, 1.165) is 42.5 Å². The molecule has 1 saturated carbocycles. The van der Waals surface area contributed by atoms with Crippen LogP contribution in [0.25, 0.3) is 11.4 Å². The molecule has 0 bridgehead atoms. The Morgan fingerprint density at radius 1 is 1.16 bits per heavy atom. The minimum atomic E-state index is -0.0813. The number of pyridine rings is 1. The number of hydrogen-bond donors (Lipinski definition) is 1. The van der Waals surface area contributed by atoms with E-state index >= 15 is 0 Å². The number of aryl methyl sites for hydroxylation is 1. The number of carbonyl (C=O) groups excluding carboxylic acids is 1. The Morgan fingerprint density at radius 2 is 1.84 bits per heavy atom. The molecular weight excluding hydrogens is 312 g/mol. The summed E-state index contributed by atoms with van der Waals surface area (Å²) in [5.74, 6) is 1.01. The molecule has 0 spiro atoms. The van der Waals surface area contributed by atoms with Crippen LogP contribution < -0.4 is 5.32 Å². The number of nitrogens with zero attached hydrogens (tertiary/aromatic N) is 3. The van der Waals surface area contributed by atoms with Crippen LogP contribution in [0.1, 0.15) is 62.7 Å². The Kier molecular flexibility index (Phi) is 5.74. The average Bonchev–Trinajstić information content (AvgIpc) is 2.91. The lowest BCUT2D eigenvalue weighted by Gasteiger charge is -2.20. The van der Waals surface area contributed by atoms with Crippen LogP contribution in [-0.4, -0.2) is 20.9 Å². The third kappa shape index (κ3) is 4.41.